The Morgan fingerprint density at radius 1 is 0.253 bits per heavy atom. The Balaban J connectivity index is 4.31. The van der Waals surface area contributed by atoms with E-state index in [2.05, 4.69) is 45.1 Å². The van der Waals surface area contributed by atoms with Crippen molar-refractivity contribution in [2.24, 2.45) is 0 Å². The molecule has 0 N–H and O–H groups in total. The van der Waals surface area contributed by atoms with Gasteiger partial charge in [0, 0.05) is 19.3 Å². The first-order chi connectivity index (χ1) is 37.0. The highest BCUT2D eigenvalue weighted by atomic mass is 16.6. The number of carbonyl (C=O) groups is 3. The van der Waals surface area contributed by atoms with Crippen LogP contribution in [-0.4, -0.2) is 37.2 Å². The molecular formula is C69H130O6. The Bertz CT molecular complexity index is 1210. The van der Waals surface area contributed by atoms with Gasteiger partial charge in [0.1, 0.15) is 13.2 Å². The molecule has 0 fully saturated rings. The van der Waals surface area contributed by atoms with Crippen LogP contribution >= 0.6 is 0 Å². The van der Waals surface area contributed by atoms with E-state index >= 15 is 0 Å². The number of unbranched alkanes of at least 4 members (excludes halogenated alkanes) is 48. The molecule has 1 unspecified atom stereocenters. The molecule has 1 atom stereocenters. The van der Waals surface area contributed by atoms with Crippen molar-refractivity contribution in [3.8, 4) is 0 Å². The highest BCUT2D eigenvalue weighted by Crippen LogP contribution is 2.18. The van der Waals surface area contributed by atoms with E-state index in [0.29, 0.717) is 19.3 Å². The Kier molecular flexibility index (Phi) is 62.6. The molecule has 75 heavy (non-hydrogen) atoms. The molecule has 0 aromatic heterocycles. The third kappa shape index (κ3) is 62.6. The summed E-state index contributed by atoms with van der Waals surface area (Å²) < 4.78 is 17.0. The fourth-order valence-electron chi connectivity index (χ4n) is 10.3. The highest BCUT2D eigenvalue weighted by molar-refractivity contribution is 5.71. The quantitative estimate of drug-likeness (QED) is 0.0261. The first-order valence-electron chi connectivity index (χ1n) is 33.8. The summed E-state index contributed by atoms with van der Waals surface area (Å²) in [6.07, 6.45) is 77.6. The molecule has 0 saturated carbocycles. The van der Waals surface area contributed by atoms with E-state index in [4.69, 9.17) is 14.2 Å². The van der Waals surface area contributed by atoms with Crippen LogP contribution in [-0.2, 0) is 28.6 Å². The molecule has 0 saturated heterocycles. The summed E-state index contributed by atoms with van der Waals surface area (Å²) in [6, 6.07) is 0. The van der Waals surface area contributed by atoms with E-state index in [1.54, 1.807) is 0 Å². The minimum absolute atomic E-state index is 0.0680. The van der Waals surface area contributed by atoms with Crippen molar-refractivity contribution in [1.29, 1.82) is 0 Å². The monoisotopic (exact) mass is 1050 g/mol. The highest BCUT2D eigenvalue weighted by Gasteiger charge is 2.19. The summed E-state index contributed by atoms with van der Waals surface area (Å²) in [5.74, 6) is -0.845. The molecule has 0 aliphatic rings. The van der Waals surface area contributed by atoms with Crippen molar-refractivity contribution in [3.63, 3.8) is 0 Å². The molecule has 0 aromatic rings. The molecule has 0 spiro atoms. The Hall–Kier alpha value is -2.11. The van der Waals surface area contributed by atoms with Crippen LogP contribution in [0, 0.1) is 0 Å². The van der Waals surface area contributed by atoms with Gasteiger partial charge < -0.3 is 14.2 Å². The fraction of sp³-hybridized carbons (Fsp3) is 0.899. The summed E-state index contributed by atoms with van der Waals surface area (Å²) >= 11 is 0. The number of ether oxygens (including phenoxy) is 3. The molecule has 442 valence electrons. The Labute approximate surface area is 468 Å². The van der Waals surface area contributed by atoms with E-state index in [-0.39, 0.29) is 31.1 Å². The zero-order valence-corrected chi connectivity index (χ0v) is 50.8. The van der Waals surface area contributed by atoms with Crippen molar-refractivity contribution in [3.05, 3.63) is 24.3 Å². The van der Waals surface area contributed by atoms with Gasteiger partial charge in [0.05, 0.1) is 0 Å². The number of hydrogen-bond donors (Lipinski definition) is 0. The second-order valence-corrected chi connectivity index (χ2v) is 23.1. The van der Waals surface area contributed by atoms with E-state index < -0.39 is 6.10 Å². The molecular weight excluding hydrogens is 925 g/mol. The van der Waals surface area contributed by atoms with Crippen LogP contribution < -0.4 is 0 Å². The van der Waals surface area contributed by atoms with Crippen molar-refractivity contribution in [2.75, 3.05) is 13.2 Å². The molecule has 0 aliphatic carbocycles. The lowest BCUT2D eigenvalue weighted by Crippen LogP contribution is -2.30. The topological polar surface area (TPSA) is 78.9 Å². The van der Waals surface area contributed by atoms with Crippen molar-refractivity contribution in [1.82, 2.24) is 0 Å². The Morgan fingerprint density at radius 3 is 0.667 bits per heavy atom. The van der Waals surface area contributed by atoms with Gasteiger partial charge in [0.25, 0.3) is 0 Å². The lowest BCUT2D eigenvalue weighted by molar-refractivity contribution is -0.167. The normalized spacial score (nSPS) is 12.1. The molecule has 0 radical (unpaired) electrons. The predicted octanol–water partition coefficient (Wildman–Crippen LogP) is 23.0. The third-order valence-electron chi connectivity index (χ3n) is 15.4. The molecule has 0 bridgehead atoms. The standard InChI is InChI=1S/C69H130O6/c1-4-7-10-13-16-19-22-25-28-31-33-34-36-38-41-44-47-50-53-56-59-62-68(71)74-65-66(64-73-67(70)61-58-55-52-49-46-43-40-37-30-27-24-21-18-15-12-9-6-3)75-69(72)63-60-57-54-51-48-45-42-39-35-32-29-26-23-20-17-14-11-8-5-2/h26-27,29-30,66H,4-25,28,31-65H2,1-3H3/b29-26-,30-27-. The van der Waals surface area contributed by atoms with Gasteiger partial charge in [-0.3, -0.25) is 14.4 Å². The average Bonchev–Trinajstić information content (AvgIpc) is 3.41. The largest absolute Gasteiger partial charge is 0.462 e. The smallest absolute Gasteiger partial charge is 0.306 e. The maximum atomic E-state index is 12.9. The Morgan fingerprint density at radius 2 is 0.440 bits per heavy atom. The van der Waals surface area contributed by atoms with Gasteiger partial charge in [-0.25, -0.2) is 0 Å². The number of hydrogen-bond acceptors (Lipinski definition) is 6. The minimum Gasteiger partial charge on any atom is -0.462 e. The minimum atomic E-state index is -0.772. The van der Waals surface area contributed by atoms with Crippen LogP contribution in [0.2, 0.25) is 0 Å². The predicted molar refractivity (Wildman–Crippen MR) is 326 cm³/mol. The summed E-state index contributed by atoms with van der Waals surface area (Å²) in [4.78, 5) is 38.4. The van der Waals surface area contributed by atoms with Crippen LogP contribution in [0.4, 0.5) is 0 Å². The summed E-state index contributed by atoms with van der Waals surface area (Å²) in [5, 5.41) is 0. The number of allylic oxidation sites excluding steroid dienone is 4. The van der Waals surface area contributed by atoms with Crippen LogP contribution in [0.25, 0.3) is 0 Å². The van der Waals surface area contributed by atoms with E-state index in [1.807, 2.05) is 0 Å². The molecule has 0 amide bonds. The van der Waals surface area contributed by atoms with Crippen LogP contribution in [0.3, 0.4) is 0 Å². The second kappa shape index (κ2) is 64.4. The zero-order valence-electron chi connectivity index (χ0n) is 50.8. The lowest BCUT2D eigenvalue weighted by atomic mass is 10.0. The molecule has 0 heterocycles. The van der Waals surface area contributed by atoms with Crippen molar-refractivity contribution >= 4 is 17.9 Å². The second-order valence-electron chi connectivity index (χ2n) is 23.1. The van der Waals surface area contributed by atoms with Crippen molar-refractivity contribution in [2.45, 2.75) is 386 Å². The fourth-order valence-corrected chi connectivity index (χ4v) is 10.3. The van der Waals surface area contributed by atoms with E-state index in [0.717, 1.165) is 57.8 Å². The van der Waals surface area contributed by atoms with E-state index in [1.165, 1.54) is 283 Å². The van der Waals surface area contributed by atoms with Crippen LogP contribution in [0.1, 0.15) is 380 Å². The maximum absolute atomic E-state index is 12.9. The van der Waals surface area contributed by atoms with Crippen LogP contribution in [0.5, 0.6) is 0 Å². The summed E-state index contributed by atoms with van der Waals surface area (Å²) in [6.45, 7) is 6.71. The van der Waals surface area contributed by atoms with Crippen molar-refractivity contribution < 1.29 is 28.6 Å². The van der Waals surface area contributed by atoms with Gasteiger partial charge in [-0.05, 0) is 70.6 Å². The molecule has 6 heteroatoms. The van der Waals surface area contributed by atoms with Gasteiger partial charge in [0.15, 0.2) is 6.10 Å². The molecule has 0 aliphatic heterocycles. The maximum Gasteiger partial charge on any atom is 0.306 e. The average molecular weight is 1060 g/mol. The zero-order chi connectivity index (χ0) is 54.3. The number of rotatable bonds is 63. The summed E-state index contributed by atoms with van der Waals surface area (Å²) in [5.41, 5.74) is 0. The van der Waals surface area contributed by atoms with Gasteiger partial charge >= 0.3 is 17.9 Å². The van der Waals surface area contributed by atoms with Crippen LogP contribution in [0.15, 0.2) is 24.3 Å². The number of esters is 3. The first-order valence-corrected chi connectivity index (χ1v) is 33.8. The lowest BCUT2D eigenvalue weighted by Gasteiger charge is -2.18. The third-order valence-corrected chi connectivity index (χ3v) is 15.4. The molecule has 0 aromatic carbocycles. The van der Waals surface area contributed by atoms with E-state index in [9.17, 15) is 14.4 Å². The first kappa shape index (κ1) is 72.9. The SMILES string of the molecule is CCCCCCCC/C=C\CCCCCCCCCCCC(=O)OC(COC(=O)CCCCCCCCC/C=C\CCCCCCCC)COC(=O)CCCCCCCCCCCCCCCCCCCCCCC. The number of carbonyl (C=O) groups excluding carboxylic acids is 3. The van der Waals surface area contributed by atoms with Gasteiger partial charge in [-0.2, -0.15) is 0 Å². The molecule has 0 rings (SSSR count). The van der Waals surface area contributed by atoms with Gasteiger partial charge in [-0.15, -0.1) is 0 Å². The summed E-state index contributed by atoms with van der Waals surface area (Å²) in [7, 11) is 0. The van der Waals surface area contributed by atoms with Gasteiger partial charge in [-0.1, -0.05) is 315 Å². The van der Waals surface area contributed by atoms with Gasteiger partial charge in [0.2, 0.25) is 0 Å². The molecule has 6 nitrogen and oxygen atoms in total.